The van der Waals surface area contributed by atoms with E-state index in [4.69, 9.17) is 4.42 Å². The molecule has 2 fully saturated rings. The Labute approximate surface area is 152 Å². The average molecular weight is 350 g/mol. The summed E-state index contributed by atoms with van der Waals surface area (Å²) in [6.45, 7) is 2.90. The number of para-hydroxylation sites is 2. The van der Waals surface area contributed by atoms with E-state index in [0.29, 0.717) is 36.2 Å². The van der Waals surface area contributed by atoms with Crippen molar-refractivity contribution in [3.8, 4) is 0 Å². The maximum atomic E-state index is 12.3. The normalized spacial score (nSPS) is 22.2. The molecule has 26 heavy (non-hydrogen) atoms. The van der Waals surface area contributed by atoms with Crippen molar-refractivity contribution in [1.29, 1.82) is 0 Å². The quantitative estimate of drug-likeness (QED) is 0.823. The third kappa shape index (κ3) is 3.43. The fourth-order valence-electron chi connectivity index (χ4n) is 3.43. The number of carbonyl (C=O) groups excluding carboxylic acids is 2. The molecule has 1 aromatic carbocycles. The van der Waals surface area contributed by atoms with Gasteiger partial charge in [0, 0.05) is 25.0 Å². The van der Waals surface area contributed by atoms with Crippen LogP contribution in [0.3, 0.4) is 0 Å². The SMILES string of the molecule is C[C@@H]1C[C@@H]1c1ccc(/C=C/C(=O)Nc2ccccc2N2CCCC2=O)o1. The molecule has 2 atom stereocenters. The minimum Gasteiger partial charge on any atom is -0.461 e. The summed E-state index contributed by atoms with van der Waals surface area (Å²) < 4.78 is 5.78. The standard InChI is InChI=1S/C21H22N2O3/c1-14-13-16(14)19-10-8-15(26-19)9-11-20(24)22-17-5-2-3-6-18(17)23-12-4-7-21(23)25/h2-3,5-6,8-11,14,16H,4,7,12-13H2,1H3,(H,22,24)/b11-9+/t14-,16+/m1/s1. The van der Waals surface area contributed by atoms with Crippen LogP contribution < -0.4 is 10.2 Å². The summed E-state index contributed by atoms with van der Waals surface area (Å²) in [5.41, 5.74) is 1.39. The molecule has 2 heterocycles. The fraction of sp³-hybridized carbons (Fsp3) is 0.333. The van der Waals surface area contributed by atoms with Crippen molar-refractivity contribution in [3.05, 3.63) is 54.0 Å². The Balaban J connectivity index is 1.43. The number of anilines is 2. The molecule has 1 aliphatic carbocycles. The van der Waals surface area contributed by atoms with Crippen LogP contribution in [0.25, 0.3) is 6.08 Å². The zero-order valence-electron chi connectivity index (χ0n) is 14.8. The molecular formula is C21H22N2O3. The molecule has 1 aliphatic heterocycles. The summed E-state index contributed by atoms with van der Waals surface area (Å²) >= 11 is 0. The van der Waals surface area contributed by atoms with Crippen LogP contribution in [-0.2, 0) is 9.59 Å². The van der Waals surface area contributed by atoms with E-state index in [1.54, 1.807) is 11.0 Å². The predicted octanol–water partition coefficient (Wildman–Crippen LogP) is 4.18. The summed E-state index contributed by atoms with van der Waals surface area (Å²) in [5.74, 6) is 2.73. The molecule has 2 aromatic rings. The average Bonchev–Trinajstić information content (AvgIpc) is 3.01. The van der Waals surface area contributed by atoms with Crippen LogP contribution in [-0.4, -0.2) is 18.4 Å². The molecule has 2 amide bonds. The number of benzene rings is 1. The molecule has 5 nitrogen and oxygen atoms in total. The minimum atomic E-state index is -0.248. The van der Waals surface area contributed by atoms with Gasteiger partial charge >= 0.3 is 0 Å². The molecule has 1 saturated carbocycles. The Kier molecular flexibility index (Phi) is 4.37. The van der Waals surface area contributed by atoms with Gasteiger partial charge in [-0.05, 0) is 49.1 Å². The third-order valence-electron chi connectivity index (χ3n) is 5.05. The van der Waals surface area contributed by atoms with E-state index < -0.39 is 0 Å². The molecule has 0 unspecified atom stereocenters. The maximum absolute atomic E-state index is 12.3. The zero-order valence-corrected chi connectivity index (χ0v) is 14.8. The number of hydrogen-bond acceptors (Lipinski definition) is 3. The summed E-state index contributed by atoms with van der Waals surface area (Å²) in [7, 11) is 0. The summed E-state index contributed by atoms with van der Waals surface area (Å²) in [4.78, 5) is 26.0. The van der Waals surface area contributed by atoms with Crippen LogP contribution in [0, 0.1) is 5.92 Å². The van der Waals surface area contributed by atoms with E-state index >= 15 is 0 Å². The number of rotatable bonds is 5. The molecule has 1 N–H and O–H groups in total. The van der Waals surface area contributed by atoms with E-state index in [9.17, 15) is 9.59 Å². The lowest BCUT2D eigenvalue weighted by Gasteiger charge is -2.19. The van der Waals surface area contributed by atoms with Gasteiger partial charge in [-0.25, -0.2) is 0 Å². The maximum Gasteiger partial charge on any atom is 0.248 e. The first-order chi connectivity index (χ1) is 12.6. The van der Waals surface area contributed by atoms with Crippen molar-refractivity contribution in [2.75, 3.05) is 16.8 Å². The highest BCUT2D eigenvalue weighted by atomic mass is 16.3. The van der Waals surface area contributed by atoms with Crippen molar-refractivity contribution in [3.63, 3.8) is 0 Å². The minimum absolute atomic E-state index is 0.0969. The van der Waals surface area contributed by atoms with Gasteiger partial charge in [0.25, 0.3) is 0 Å². The van der Waals surface area contributed by atoms with Crippen LogP contribution in [0.5, 0.6) is 0 Å². The van der Waals surface area contributed by atoms with Gasteiger partial charge in [-0.2, -0.15) is 0 Å². The second-order valence-electron chi connectivity index (χ2n) is 7.05. The molecule has 4 rings (SSSR count). The summed E-state index contributed by atoms with van der Waals surface area (Å²) in [5, 5.41) is 2.87. The molecular weight excluding hydrogens is 328 g/mol. The van der Waals surface area contributed by atoms with Gasteiger partial charge in [-0.15, -0.1) is 0 Å². The number of amides is 2. The van der Waals surface area contributed by atoms with E-state index in [-0.39, 0.29) is 11.8 Å². The van der Waals surface area contributed by atoms with E-state index in [0.717, 1.165) is 17.9 Å². The zero-order chi connectivity index (χ0) is 18.1. The first-order valence-corrected chi connectivity index (χ1v) is 9.10. The summed E-state index contributed by atoms with van der Waals surface area (Å²) in [6.07, 6.45) is 5.71. The molecule has 2 aliphatic rings. The lowest BCUT2D eigenvalue weighted by molar-refractivity contribution is -0.117. The molecule has 1 aromatic heterocycles. The Morgan fingerprint density at radius 1 is 1.27 bits per heavy atom. The fourth-order valence-corrected chi connectivity index (χ4v) is 3.43. The first-order valence-electron chi connectivity index (χ1n) is 9.10. The smallest absolute Gasteiger partial charge is 0.248 e. The monoisotopic (exact) mass is 350 g/mol. The molecule has 0 bridgehead atoms. The number of nitrogens with one attached hydrogen (secondary N) is 1. The first kappa shape index (κ1) is 16.6. The second-order valence-corrected chi connectivity index (χ2v) is 7.05. The highest BCUT2D eigenvalue weighted by Gasteiger charge is 2.36. The number of furan rings is 1. The van der Waals surface area contributed by atoms with Crippen LogP contribution in [0.2, 0.25) is 0 Å². The topological polar surface area (TPSA) is 62.6 Å². The van der Waals surface area contributed by atoms with Gasteiger partial charge in [0.05, 0.1) is 11.4 Å². The van der Waals surface area contributed by atoms with Gasteiger partial charge in [-0.1, -0.05) is 19.1 Å². The Morgan fingerprint density at radius 2 is 2.08 bits per heavy atom. The third-order valence-corrected chi connectivity index (χ3v) is 5.05. The van der Waals surface area contributed by atoms with Crippen LogP contribution >= 0.6 is 0 Å². The van der Waals surface area contributed by atoms with Crippen LogP contribution in [0.15, 0.2) is 46.9 Å². The van der Waals surface area contributed by atoms with E-state index in [2.05, 4.69) is 12.2 Å². The Hall–Kier alpha value is -2.82. The van der Waals surface area contributed by atoms with E-state index in [1.165, 1.54) is 12.5 Å². The van der Waals surface area contributed by atoms with E-state index in [1.807, 2.05) is 36.4 Å². The van der Waals surface area contributed by atoms with Crippen molar-refractivity contribution in [2.45, 2.75) is 32.1 Å². The number of carbonyl (C=O) groups is 2. The van der Waals surface area contributed by atoms with Gasteiger partial charge in [0.1, 0.15) is 11.5 Å². The molecule has 5 heteroatoms. The lowest BCUT2D eigenvalue weighted by Crippen LogP contribution is -2.25. The molecule has 134 valence electrons. The van der Waals surface area contributed by atoms with Crippen molar-refractivity contribution >= 4 is 29.3 Å². The van der Waals surface area contributed by atoms with Crippen molar-refractivity contribution in [1.82, 2.24) is 0 Å². The Bertz CT molecular complexity index is 868. The Morgan fingerprint density at radius 3 is 2.81 bits per heavy atom. The van der Waals surface area contributed by atoms with Gasteiger partial charge in [-0.3, -0.25) is 9.59 Å². The number of hydrogen-bond donors (Lipinski definition) is 1. The summed E-state index contributed by atoms with van der Waals surface area (Å²) in [6, 6.07) is 11.3. The highest BCUT2D eigenvalue weighted by Crippen LogP contribution is 2.47. The molecule has 1 saturated heterocycles. The van der Waals surface area contributed by atoms with Gasteiger partial charge in [0.2, 0.25) is 11.8 Å². The lowest BCUT2D eigenvalue weighted by atomic mass is 10.2. The van der Waals surface area contributed by atoms with Crippen LogP contribution in [0.1, 0.15) is 43.6 Å². The highest BCUT2D eigenvalue weighted by molar-refractivity contribution is 6.06. The predicted molar refractivity (Wildman–Crippen MR) is 101 cm³/mol. The van der Waals surface area contributed by atoms with Crippen LogP contribution in [0.4, 0.5) is 11.4 Å². The van der Waals surface area contributed by atoms with Gasteiger partial charge < -0.3 is 14.6 Å². The number of nitrogens with zero attached hydrogens (tertiary/aromatic N) is 1. The second kappa shape index (κ2) is 6.83. The van der Waals surface area contributed by atoms with Crippen molar-refractivity contribution < 1.29 is 14.0 Å². The molecule has 0 spiro atoms. The van der Waals surface area contributed by atoms with Crippen molar-refractivity contribution in [2.24, 2.45) is 5.92 Å². The van der Waals surface area contributed by atoms with Gasteiger partial charge in [0.15, 0.2) is 0 Å². The largest absolute Gasteiger partial charge is 0.461 e. The molecule has 0 radical (unpaired) electrons.